The summed E-state index contributed by atoms with van der Waals surface area (Å²) in [6, 6.07) is 33.9. The molecule has 6 rings (SSSR count). The normalized spacial score (nSPS) is 14.5. The fraction of sp³-hybridized carbons (Fsp3) is 0.270. The van der Waals surface area contributed by atoms with E-state index in [1.54, 1.807) is 0 Å². The van der Waals surface area contributed by atoms with Crippen LogP contribution in [0.2, 0.25) is 0 Å². The van der Waals surface area contributed by atoms with Gasteiger partial charge in [-0.05, 0) is 70.8 Å². The zero-order valence-corrected chi connectivity index (χ0v) is 24.5. The number of benzene rings is 4. The van der Waals surface area contributed by atoms with Gasteiger partial charge in [-0.3, -0.25) is 0 Å². The second kappa shape index (κ2) is 13.4. The van der Waals surface area contributed by atoms with Gasteiger partial charge in [0.15, 0.2) is 0 Å². The van der Waals surface area contributed by atoms with Crippen molar-refractivity contribution in [2.24, 2.45) is 5.73 Å². The molecule has 0 radical (unpaired) electrons. The van der Waals surface area contributed by atoms with Crippen molar-refractivity contribution in [1.29, 1.82) is 0 Å². The van der Waals surface area contributed by atoms with Crippen molar-refractivity contribution in [3.63, 3.8) is 0 Å². The minimum Gasteiger partial charge on any atom is -0.392 e. The molecule has 220 valence electrons. The first kappa shape index (κ1) is 28.9. The first-order valence-corrected chi connectivity index (χ1v) is 15.3. The number of nitrogens with one attached hydrogen (secondary N) is 1. The Balaban J connectivity index is 1.24. The highest BCUT2D eigenvalue weighted by Gasteiger charge is 2.16. The van der Waals surface area contributed by atoms with Gasteiger partial charge in [-0.1, -0.05) is 92.1 Å². The molecule has 6 nitrogen and oxygen atoms in total. The van der Waals surface area contributed by atoms with Crippen molar-refractivity contribution in [2.75, 3.05) is 11.9 Å². The van der Waals surface area contributed by atoms with E-state index in [0.717, 1.165) is 39.9 Å². The van der Waals surface area contributed by atoms with Crippen LogP contribution in [0.15, 0.2) is 103 Å². The van der Waals surface area contributed by atoms with Crippen LogP contribution in [-0.4, -0.2) is 32.5 Å². The van der Waals surface area contributed by atoms with E-state index in [2.05, 4.69) is 64.6 Å². The Bertz CT molecular complexity index is 1600. The Morgan fingerprint density at radius 2 is 1.37 bits per heavy atom. The number of aliphatic hydroxyl groups excluding tert-OH is 2. The third-order valence-corrected chi connectivity index (χ3v) is 8.51. The van der Waals surface area contributed by atoms with Gasteiger partial charge in [0.1, 0.15) is 12.1 Å². The smallest absolute Gasteiger partial charge is 0.119 e. The summed E-state index contributed by atoms with van der Waals surface area (Å²) >= 11 is 0. The quantitative estimate of drug-likeness (QED) is 0.135. The van der Waals surface area contributed by atoms with Gasteiger partial charge in [0, 0.05) is 29.6 Å². The van der Waals surface area contributed by atoms with Gasteiger partial charge in [0.25, 0.3) is 0 Å². The summed E-state index contributed by atoms with van der Waals surface area (Å²) in [4.78, 5) is 5.06. The van der Waals surface area contributed by atoms with E-state index < -0.39 is 6.23 Å². The Hall–Kier alpha value is -4.23. The lowest BCUT2D eigenvalue weighted by Crippen LogP contribution is -2.28. The number of hydrogen-bond donors (Lipinski definition) is 4. The van der Waals surface area contributed by atoms with Crippen LogP contribution in [0.3, 0.4) is 0 Å². The summed E-state index contributed by atoms with van der Waals surface area (Å²) in [6.07, 6.45) is 8.56. The molecule has 1 aromatic heterocycles. The molecule has 0 spiro atoms. The summed E-state index contributed by atoms with van der Waals surface area (Å²) in [5.41, 5.74) is 15.2. The van der Waals surface area contributed by atoms with Gasteiger partial charge in [-0.2, -0.15) is 0 Å². The second-order valence-electron chi connectivity index (χ2n) is 11.6. The molecule has 1 fully saturated rings. The minimum absolute atomic E-state index is 0.0161. The number of nitrogens with zero attached hydrogens (tertiary/aromatic N) is 2. The number of rotatable bonds is 10. The molecule has 0 amide bonds. The molecule has 6 heteroatoms. The van der Waals surface area contributed by atoms with E-state index in [4.69, 9.17) is 10.7 Å². The van der Waals surface area contributed by atoms with Crippen LogP contribution in [0.1, 0.15) is 60.5 Å². The third-order valence-electron chi connectivity index (χ3n) is 8.51. The molecule has 4 aromatic carbocycles. The predicted octanol–water partition coefficient (Wildman–Crippen LogP) is 7.03. The van der Waals surface area contributed by atoms with Crippen molar-refractivity contribution < 1.29 is 10.2 Å². The van der Waals surface area contributed by atoms with Gasteiger partial charge in [-0.25, -0.2) is 4.98 Å². The molecule has 5 N–H and O–H groups in total. The Kier molecular flexibility index (Phi) is 8.99. The summed E-state index contributed by atoms with van der Waals surface area (Å²) in [5.74, 6) is 1.65. The van der Waals surface area contributed by atoms with E-state index in [-0.39, 0.29) is 13.2 Å². The van der Waals surface area contributed by atoms with Gasteiger partial charge >= 0.3 is 0 Å². The van der Waals surface area contributed by atoms with Gasteiger partial charge in [-0.15, -0.1) is 0 Å². The number of anilines is 1. The average Bonchev–Trinajstić information content (AvgIpc) is 3.48. The van der Waals surface area contributed by atoms with Crippen LogP contribution >= 0.6 is 0 Å². The predicted molar refractivity (Wildman–Crippen MR) is 174 cm³/mol. The van der Waals surface area contributed by atoms with Crippen LogP contribution in [-0.2, 0) is 13.0 Å². The molecule has 1 aliphatic rings. The molecule has 1 aliphatic carbocycles. The molecule has 1 atom stereocenters. The summed E-state index contributed by atoms with van der Waals surface area (Å²) in [5, 5.41) is 22.0. The molecule has 0 bridgehead atoms. The van der Waals surface area contributed by atoms with E-state index in [1.807, 2.05) is 48.5 Å². The highest BCUT2D eigenvalue weighted by Crippen LogP contribution is 2.34. The highest BCUT2D eigenvalue weighted by molar-refractivity contribution is 5.64. The van der Waals surface area contributed by atoms with Crippen LogP contribution in [0.5, 0.6) is 0 Å². The SMILES string of the molecule is NC(O)CNc1ccc(-n2cc(-c3ccc(CO)cc3)nc2Cc2ccc(-c3ccc(C4CCCCC4)cc3)cc2)cc1. The van der Waals surface area contributed by atoms with Crippen molar-refractivity contribution in [3.8, 4) is 28.1 Å². The van der Waals surface area contributed by atoms with E-state index in [9.17, 15) is 10.2 Å². The van der Waals surface area contributed by atoms with Crippen LogP contribution < -0.4 is 11.1 Å². The Morgan fingerprint density at radius 3 is 2.00 bits per heavy atom. The minimum atomic E-state index is -0.910. The number of hydrogen-bond acceptors (Lipinski definition) is 5. The number of aromatic nitrogens is 2. The second-order valence-corrected chi connectivity index (χ2v) is 11.6. The lowest BCUT2D eigenvalue weighted by molar-refractivity contribution is 0.196. The van der Waals surface area contributed by atoms with Gasteiger partial charge < -0.3 is 25.8 Å². The monoisotopic (exact) mass is 572 g/mol. The maximum atomic E-state index is 9.46. The van der Waals surface area contributed by atoms with Gasteiger partial charge in [0.05, 0.1) is 18.8 Å². The molecule has 1 heterocycles. The highest BCUT2D eigenvalue weighted by atomic mass is 16.3. The van der Waals surface area contributed by atoms with Crippen molar-refractivity contribution in [2.45, 2.75) is 57.3 Å². The first-order chi connectivity index (χ1) is 21.1. The largest absolute Gasteiger partial charge is 0.392 e. The number of nitrogens with two attached hydrogens (primary N) is 1. The molecule has 0 aliphatic heterocycles. The maximum Gasteiger partial charge on any atom is 0.119 e. The molecular formula is C37H40N4O2. The van der Waals surface area contributed by atoms with E-state index in [0.29, 0.717) is 6.42 Å². The zero-order chi connectivity index (χ0) is 29.6. The summed E-state index contributed by atoms with van der Waals surface area (Å²) in [6.45, 7) is 0.298. The third kappa shape index (κ3) is 7.05. The van der Waals surface area contributed by atoms with Crippen LogP contribution in [0, 0.1) is 0 Å². The molecule has 5 aromatic rings. The van der Waals surface area contributed by atoms with Crippen LogP contribution in [0.25, 0.3) is 28.1 Å². The molecule has 1 saturated carbocycles. The molecule has 1 unspecified atom stereocenters. The van der Waals surface area contributed by atoms with E-state index >= 15 is 0 Å². The number of imidazole rings is 1. The lowest BCUT2D eigenvalue weighted by Gasteiger charge is -2.22. The van der Waals surface area contributed by atoms with Crippen LogP contribution in [0.4, 0.5) is 5.69 Å². The van der Waals surface area contributed by atoms with E-state index in [1.165, 1.54) is 54.4 Å². The molecule has 0 saturated heterocycles. The maximum absolute atomic E-state index is 9.46. The fourth-order valence-electron chi connectivity index (χ4n) is 6.03. The summed E-state index contributed by atoms with van der Waals surface area (Å²) < 4.78 is 2.13. The first-order valence-electron chi connectivity index (χ1n) is 15.3. The topological polar surface area (TPSA) is 96.3 Å². The fourth-order valence-corrected chi connectivity index (χ4v) is 6.03. The van der Waals surface area contributed by atoms with Crippen molar-refractivity contribution >= 4 is 5.69 Å². The standard InChI is InChI=1S/C37H40N4O2/c38-36(43)23-39-33-18-20-34(21-19-33)41-24-35(32-12-8-27(25-42)9-13-32)40-37(41)22-26-6-10-29(11-7-26)31-16-14-30(15-17-31)28-4-2-1-3-5-28/h6-21,24,28,36,39,42-43H,1-5,22-23,25,38H2. The Morgan fingerprint density at radius 1 is 0.767 bits per heavy atom. The van der Waals surface area contributed by atoms with Crippen molar-refractivity contribution in [3.05, 3.63) is 126 Å². The van der Waals surface area contributed by atoms with Gasteiger partial charge in [0.2, 0.25) is 0 Å². The average molecular weight is 573 g/mol. The molecule has 43 heavy (non-hydrogen) atoms. The zero-order valence-electron chi connectivity index (χ0n) is 24.5. The summed E-state index contributed by atoms with van der Waals surface area (Å²) in [7, 11) is 0. The molecular weight excluding hydrogens is 532 g/mol. The lowest BCUT2D eigenvalue weighted by atomic mass is 9.83. The van der Waals surface area contributed by atoms with Crippen molar-refractivity contribution in [1.82, 2.24) is 9.55 Å². The Labute approximate surface area is 253 Å². The number of aliphatic hydroxyl groups is 2.